The molecule has 3 aromatic carbocycles. The van der Waals surface area contributed by atoms with Crippen LogP contribution in [0.5, 0.6) is 0 Å². The van der Waals surface area contributed by atoms with Gasteiger partial charge in [-0.1, -0.05) is 57.9 Å². The molecular formula is C22H17BrClNO3S. The van der Waals surface area contributed by atoms with Crippen molar-refractivity contribution in [1.82, 2.24) is 0 Å². The highest BCUT2D eigenvalue weighted by atomic mass is 79.9. The Labute approximate surface area is 186 Å². The van der Waals surface area contributed by atoms with Crippen LogP contribution in [0.3, 0.4) is 0 Å². The molecule has 7 heteroatoms. The van der Waals surface area contributed by atoms with E-state index >= 15 is 0 Å². The zero-order valence-electron chi connectivity index (χ0n) is 15.4. The van der Waals surface area contributed by atoms with E-state index in [2.05, 4.69) is 21.2 Å². The fourth-order valence-electron chi connectivity index (χ4n) is 2.65. The summed E-state index contributed by atoms with van der Waals surface area (Å²) >= 11 is 10.9. The number of hydrogen-bond acceptors (Lipinski definition) is 4. The molecule has 0 aliphatic carbocycles. The highest BCUT2D eigenvalue weighted by Gasteiger charge is 2.24. The van der Waals surface area contributed by atoms with Crippen LogP contribution >= 0.6 is 39.3 Å². The molecule has 0 bridgehead atoms. The topological polar surface area (TPSA) is 55.4 Å². The van der Waals surface area contributed by atoms with Crippen LogP contribution in [0.2, 0.25) is 5.02 Å². The Balaban J connectivity index is 1.91. The molecule has 4 nitrogen and oxygen atoms in total. The third-order valence-corrected chi connectivity index (χ3v) is 6.08. The van der Waals surface area contributed by atoms with Crippen LogP contribution in [-0.4, -0.2) is 19.0 Å². The smallest absolute Gasteiger partial charge is 0.340 e. The largest absolute Gasteiger partial charge is 0.465 e. The van der Waals surface area contributed by atoms with Gasteiger partial charge >= 0.3 is 5.97 Å². The summed E-state index contributed by atoms with van der Waals surface area (Å²) < 4.78 is 5.77. The van der Waals surface area contributed by atoms with E-state index in [0.717, 1.165) is 14.9 Å². The molecule has 0 fully saturated rings. The third-order valence-electron chi connectivity index (χ3n) is 4.05. The molecule has 1 amide bonds. The van der Waals surface area contributed by atoms with Crippen LogP contribution in [0.1, 0.15) is 21.2 Å². The van der Waals surface area contributed by atoms with Crippen molar-refractivity contribution in [2.45, 2.75) is 10.1 Å². The number of methoxy groups -OCH3 is 1. The molecule has 3 aromatic rings. The van der Waals surface area contributed by atoms with Crippen LogP contribution in [0.25, 0.3) is 0 Å². The molecule has 0 aliphatic rings. The molecule has 148 valence electrons. The Bertz CT molecular complexity index is 1010. The lowest BCUT2D eigenvalue weighted by atomic mass is 10.1. The minimum Gasteiger partial charge on any atom is -0.465 e. The standard InChI is InChI=1S/C22H17BrClNO3S/c1-28-22(27)18-13-16(24)9-12-19(18)25-21(26)20(14-5-3-2-4-6-14)29-17-10-7-15(23)8-11-17/h2-13,20H,1H3,(H,25,26). The van der Waals surface area contributed by atoms with E-state index in [4.69, 9.17) is 16.3 Å². The van der Waals surface area contributed by atoms with Gasteiger partial charge in [0, 0.05) is 14.4 Å². The maximum Gasteiger partial charge on any atom is 0.340 e. The number of thioether (sulfide) groups is 1. The highest BCUT2D eigenvalue weighted by molar-refractivity contribution is 9.10. The first kappa shape index (κ1) is 21.4. The van der Waals surface area contributed by atoms with E-state index in [0.29, 0.717) is 10.7 Å². The summed E-state index contributed by atoms with van der Waals surface area (Å²) in [5.74, 6) is -0.823. The summed E-state index contributed by atoms with van der Waals surface area (Å²) in [6.07, 6.45) is 0. The molecule has 1 N–H and O–H groups in total. The van der Waals surface area contributed by atoms with Gasteiger partial charge in [0.2, 0.25) is 5.91 Å². The van der Waals surface area contributed by atoms with Crippen molar-refractivity contribution in [2.75, 3.05) is 12.4 Å². The molecule has 0 aromatic heterocycles. The fraction of sp³-hybridized carbons (Fsp3) is 0.0909. The molecule has 0 radical (unpaired) electrons. The second-order valence-corrected chi connectivity index (χ2v) is 8.56. The number of benzene rings is 3. The van der Waals surface area contributed by atoms with Crippen LogP contribution in [-0.2, 0) is 9.53 Å². The third kappa shape index (κ3) is 5.63. The average molecular weight is 491 g/mol. The minimum atomic E-state index is -0.570. The van der Waals surface area contributed by atoms with E-state index in [9.17, 15) is 9.59 Å². The van der Waals surface area contributed by atoms with Crippen LogP contribution in [0.4, 0.5) is 5.69 Å². The summed E-state index contributed by atoms with van der Waals surface area (Å²) in [5, 5.41) is 2.72. The summed E-state index contributed by atoms with van der Waals surface area (Å²) in [6, 6.07) is 21.9. The van der Waals surface area contributed by atoms with Gasteiger partial charge < -0.3 is 10.1 Å². The maximum absolute atomic E-state index is 13.2. The van der Waals surface area contributed by atoms with E-state index in [-0.39, 0.29) is 11.5 Å². The summed E-state index contributed by atoms with van der Waals surface area (Å²) in [7, 11) is 1.28. The van der Waals surface area contributed by atoms with E-state index in [1.54, 1.807) is 12.1 Å². The number of halogens is 2. The Morgan fingerprint density at radius 2 is 1.72 bits per heavy atom. The molecule has 0 saturated heterocycles. The number of hydrogen-bond donors (Lipinski definition) is 1. The number of carbonyl (C=O) groups excluding carboxylic acids is 2. The second kappa shape index (κ2) is 9.96. The van der Waals surface area contributed by atoms with Gasteiger partial charge in [-0.25, -0.2) is 4.79 Å². The Morgan fingerprint density at radius 1 is 1.03 bits per heavy atom. The molecule has 1 atom stereocenters. The molecule has 29 heavy (non-hydrogen) atoms. The molecule has 3 rings (SSSR count). The minimum absolute atomic E-state index is 0.203. The predicted octanol–water partition coefficient (Wildman–Crippen LogP) is 6.36. The van der Waals surface area contributed by atoms with Gasteiger partial charge in [-0.15, -0.1) is 11.8 Å². The van der Waals surface area contributed by atoms with E-state index in [1.807, 2.05) is 54.6 Å². The molecular weight excluding hydrogens is 474 g/mol. The fourth-order valence-corrected chi connectivity index (χ4v) is 4.11. The summed E-state index contributed by atoms with van der Waals surface area (Å²) in [6.45, 7) is 0. The number of anilines is 1. The van der Waals surface area contributed by atoms with Gasteiger partial charge in [0.1, 0.15) is 5.25 Å². The molecule has 0 aliphatic heterocycles. The summed E-state index contributed by atoms with van der Waals surface area (Å²) in [5.41, 5.74) is 1.41. The first-order valence-electron chi connectivity index (χ1n) is 8.64. The Hall–Kier alpha value is -2.28. The number of ether oxygens (including phenoxy) is 1. The molecule has 0 heterocycles. The van der Waals surface area contributed by atoms with Crippen LogP contribution < -0.4 is 5.32 Å². The lowest BCUT2D eigenvalue weighted by Crippen LogP contribution is -2.21. The first-order chi connectivity index (χ1) is 14.0. The van der Waals surface area contributed by atoms with Gasteiger partial charge in [-0.2, -0.15) is 0 Å². The van der Waals surface area contributed by atoms with Crippen molar-refractivity contribution in [2.24, 2.45) is 0 Å². The molecule has 0 spiro atoms. The highest BCUT2D eigenvalue weighted by Crippen LogP contribution is 2.37. The lowest BCUT2D eigenvalue weighted by molar-refractivity contribution is -0.115. The zero-order valence-corrected chi connectivity index (χ0v) is 18.6. The molecule has 0 saturated carbocycles. The van der Waals surface area contributed by atoms with Crippen molar-refractivity contribution in [1.29, 1.82) is 0 Å². The lowest BCUT2D eigenvalue weighted by Gasteiger charge is -2.18. The maximum atomic E-state index is 13.2. The number of amides is 1. The van der Waals surface area contributed by atoms with Crippen molar-refractivity contribution in [3.63, 3.8) is 0 Å². The van der Waals surface area contributed by atoms with Gasteiger partial charge in [-0.05, 0) is 48.0 Å². The van der Waals surface area contributed by atoms with Gasteiger partial charge in [0.15, 0.2) is 0 Å². The van der Waals surface area contributed by atoms with Crippen molar-refractivity contribution in [3.8, 4) is 0 Å². The average Bonchev–Trinajstić information content (AvgIpc) is 2.74. The number of nitrogens with one attached hydrogen (secondary N) is 1. The van der Waals surface area contributed by atoms with Crippen LogP contribution in [0, 0.1) is 0 Å². The Morgan fingerprint density at radius 3 is 2.38 bits per heavy atom. The van der Waals surface area contributed by atoms with Gasteiger partial charge in [0.05, 0.1) is 18.4 Å². The quantitative estimate of drug-likeness (QED) is 0.323. The van der Waals surface area contributed by atoms with Crippen molar-refractivity contribution in [3.05, 3.63) is 93.4 Å². The van der Waals surface area contributed by atoms with Gasteiger partial charge in [0.25, 0.3) is 0 Å². The van der Waals surface area contributed by atoms with E-state index < -0.39 is 11.2 Å². The second-order valence-electron chi connectivity index (χ2n) is 6.03. The first-order valence-corrected chi connectivity index (χ1v) is 10.7. The predicted molar refractivity (Wildman–Crippen MR) is 121 cm³/mol. The van der Waals surface area contributed by atoms with Crippen LogP contribution in [0.15, 0.2) is 82.2 Å². The number of rotatable bonds is 6. The monoisotopic (exact) mass is 489 g/mol. The number of carbonyl (C=O) groups is 2. The number of esters is 1. The normalized spacial score (nSPS) is 11.6. The van der Waals surface area contributed by atoms with Crippen molar-refractivity contribution >= 4 is 56.9 Å². The van der Waals surface area contributed by atoms with E-state index in [1.165, 1.54) is 24.9 Å². The summed E-state index contributed by atoms with van der Waals surface area (Å²) in [4.78, 5) is 26.2. The van der Waals surface area contributed by atoms with Crippen molar-refractivity contribution < 1.29 is 14.3 Å². The molecule has 1 unspecified atom stereocenters. The Kier molecular flexibility index (Phi) is 7.36. The van der Waals surface area contributed by atoms with Gasteiger partial charge in [-0.3, -0.25) is 4.79 Å². The zero-order chi connectivity index (χ0) is 20.8. The SMILES string of the molecule is COC(=O)c1cc(Cl)ccc1NC(=O)C(Sc1ccc(Br)cc1)c1ccccc1.